The molecule has 0 aromatic heterocycles. The molecule has 0 saturated carbocycles. The number of methoxy groups -OCH3 is 1. The summed E-state index contributed by atoms with van der Waals surface area (Å²) in [6.45, 7) is 1.10. The molecule has 0 unspecified atom stereocenters. The van der Waals surface area contributed by atoms with Crippen LogP contribution in [0.3, 0.4) is 0 Å². The molecular formula is C15H21NO4. The largest absolute Gasteiger partial charge is 0.497 e. The predicted octanol–water partition coefficient (Wildman–Crippen LogP) is 2.16. The summed E-state index contributed by atoms with van der Waals surface area (Å²) in [6, 6.07) is 7.82. The fraction of sp³-hybridized carbons (Fsp3) is 0.533. The Balaban J connectivity index is 2.16. The summed E-state index contributed by atoms with van der Waals surface area (Å²) < 4.78 is 5.15. The first-order chi connectivity index (χ1) is 9.65. The first-order valence-corrected chi connectivity index (χ1v) is 6.88. The van der Waals surface area contributed by atoms with Gasteiger partial charge in [-0.25, -0.2) is 4.79 Å². The van der Waals surface area contributed by atoms with Crippen molar-refractivity contribution in [1.82, 2.24) is 4.90 Å². The molecule has 20 heavy (non-hydrogen) atoms. The lowest BCUT2D eigenvalue weighted by atomic mass is 9.83. The van der Waals surface area contributed by atoms with E-state index < -0.39 is 6.09 Å². The molecule has 0 aliphatic carbocycles. The zero-order valence-electron chi connectivity index (χ0n) is 11.7. The molecule has 1 aliphatic heterocycles. The SMILES string of the molecule is COc1ccc([C@@H]2CCN(C(=O)O)CC[C@H]2CO)cc1. The lowest BCUT2D eigenvalue weighted by molar-refractivity contribution is 0.145. The number of aliphatic hydroxyl groups is 1. The third-order valence-corrected chi connectivity index (χ3v) is 4.10. The lowest BCUT2D eigenvalue weighted by Gasteiger charge is -2.23. The highest BCUT2D eigenvalue weighted by Gasteiger charge is 2.28. The molecule has 1 saturated heterocycles. The summed E-state index contributed by atoms with van der Waals surface area (Å²) in [4.78, 5) is 12.5. The van der Waals surface area contributed by atoms with E-state index in [2.05, 4.69) is 0 Å². The van der Waals surface area contributed by atoms with Gasteiger partial charge in [0, 0.05) is 19.7 Å². The summed E-state index contributed by atoms with van der Waals surface area (Å²) in [5, 5.41) is 18.7. The van der Waals surface area contributed by atoms with Gasteiger partial charge in [-0.2, -0.15) is 0 Å². The number of hydrogen-bond donors (Lipinski definition) is 2. The number of amides is 1. The van der Waals surface area contributed by atoms with Crippen molar-refractivity contribution in [2.45, 2.75) is 18.8 Å². The van der Waals surface area contributed by atoms with E-state index in [0.29, 0.717) is 19.5 Å². The van der Waals surface area contributed by atoms with Gasteiger partial charge in [-0.05, 0) is 42.4 Å². The first kappa shape index (κ1) is 14.7. The molecule has 2 N–H and O–H groups in total. The Morgan fingerprint density at radius 3 is 2.50 bits per heavy atom. The van der Waals surface area contributed by atoms with E-state index in [1.807, 2.05) is 24.3 Å². The second kappa shape index (κ2) is 6.61. The van der Waals surface area contributed by atoms with Crippen LogP contribution in [0.4, 0.5) is 4.79 Å². The van der Waals surface area contributed by atoms with Crippen molar-refractivity contribution in [3.63, 3.8) is 0 Å². The van der Waals surface area contributed by atoms with Crippen LogP contribution in [0, 0.1) is 5.92 Å². The molecule has 5 nitrogen and oxygen atoms in total. The van der Waals surface area contributed by atoms with Crippen LogP contribution < -0.4 is 4.74 Å². The van der Waals surface area contributed by atoms with Crippen molar-refractivity contribution < 1.29 is 19.7 Å². The van der Waals surface area contributed by atoms with E-state index in [0.717, 1.165) is 17.7 Å². The zero-order valence-corrected chi connectivity index (χ0v) is 11.7. The molecule has 0 spiro atoms. The number of aliphatic hydroxyl groups excluding tert-OH is 1. The minimum atomic E-state index is -0.878. The molecule has 2 rings (SSSR count). The van der Waals surface area contributed by atoms with Crippen molar-refractivity contribution in [2.24, 2.45) is 5.92 Å². The van der Waals surface area contributed by atoms with Gasteiger partial charge in [0.05, 0.1) is 7.11 Å². The third-order valence-electron chi connectivity index (χ3n) is 4.10. The van der Waals surface area contributed by atoms with Gasteiger partial charge in [-0.15, -0.1) is 0 Å². The van der Waals surface area contributed by atoms with Crippen LogP contribution in [-0.2, 0) is 0 Å². The molecule has 0 bridgehead atoms. The monoisotopic (exact) mass is 279 g/mol. The molecule has 1 aromatic carbocycles. The molecule has 1 aromatic rings. The van der Waals surface area contributed by atoms with Gasteiger partial charge >= 0.3 is 6.09 Å². The molecule has 1 fully saturated rings. The highest BCUT2D eigenvalue weighted by Crippen LogP contribution is 2.33. The quantitative estimate of drug-likeness (QED) is 0.889. The molecule has 1 heterocycles. The molecule has 1 amide bonds. The van der Waals surface area contributed by atoms with Gasteiger partial charge in [-0.3, -0.25) is 0 Å². The maximum atomic E-state index is 11.1. The van der Waals surface area contributed by atoms with Gasteiger partial charge in [0.15, 0.2) is 0 Å². The summed E-state index contributed by atoms with van der Waals surface area (Å²) in [6.07, 6.45) is 0.556. The number of benzene rings is 1. The molecule has 5 heteroatoms. The normalized spacial score (nSPS) is 23.2. The van der Waals surface area contributed by atoms with Crippen LogP contribution in [0.2, 0.25) is 0 Å². The second-order valence-corrected chi connectivity index (χ2v) is 5.17. The molecular weight excluding hydrogens is 258 g/mol. The highest BCUT2D eigenvalue weighted by molar-refractivity contribution is 5.64. The predicted molar refractivity (Wildman–Crippen MR) is 75.1 cm³/mol. The van der Waals surface area contributed by atoms with Crippen LogP contribution in [0.5, 0.6) is 5.75 Å². The second-order valence-electron chi connectivity index (χ2n) is 5.17. The topological polar surface area (TPSA) is 70.0 Å². The van der Waals surface area contributed by atoms with Crippen molar-refractivity contribution in [2.75, 3.05) is 26.8 Å². The Morgan fingerprint density at radius 2 is 1.95 bits per heavy atom. The average Bonchev–Trinajstić information content (AvgIpc) is 2.69. The van der Waals surface area contributed by atoms with E-state index in [1.165, 1.54) is 4.90 Å². The fourth-order valence-electron chi connectivity index (χ4n) is 2.87. The van der Waals surface area contributed by atoms with Gasteiger partial charge in [0.25, 0.3) is 0 Å². The number of ether oxygens (including phenoxy) is 1. The summed E-state index contributed by atoms with van der Waals surface area (Å²) in [5.74, 6) is 1.10. The number of carboxylic acid groups (broad SMARTS) is 1. The third kappa shape index (κ3) is 3.22. The Morgan fingerprint density at radius 1 is 1.30 bits per heavy atom. The Bertz CT molecular complexity index is 446. The zero-order chi connectivity index (χ0) is 14.5. The van der Waals surface area contributed by atoms with Crippen molar-refractivity contribution in [1.29, 1.82) is 0 Å². The molecule has 2 atom stereocenters. The Labute approximate surface area is 118 Å². The van der Waals surface area contributed by atoms with Crippen LogP contribution >= 0.6 is 0 Å². The van der Waals surface area contributed by atoms with Crippen LogP contribution in [0.25, 0.3) is 0 Å². The number of carbonyl (C=O) groups is 1. The highest BCUT2D eigenvalue weighted by atomic mass is 16.5. The standard InChI is InChI=1S/C15H21NO4/c1-20-13-4-2-11(3-5-13)14-7-9-16(15(18)19)8-6-12(14)10-17/h2-5,12,14,17H,6-10H2,1H3,(H,18,19)/t12-,14-/m0/s1. The number of nitrogens with zero attached hydrogens (tertiary/aromatic N) is 1. The smallest absolute Gasteiger partial charge is 0.407 e. The van der Waals surface area contributed by atoms with Crippen LogP contribution in [0.15, 0.2) is 24.3 Å². The summed E-state index contributed by atoms with van der Waals surface area (Å²) in [7, 11) is 1.63. The Hall–Kier alpha value is -1.75. The van der Waals surface area contributed by atoms with Crippen molar-refractivity contribution in [3.8, 4) is 5.75 Å². The number of hydrogen-bond acceptors (Lipinski definition) is 3. The van der Waals surface area contributed by atoms with Gasteiger partial charge < -0.3 is 19.8 Å². The van der Waals surface area contributed by atoms with E-state index in [4.69, 9.17) is 9.84 Å². The Kier molecular flexibility index (Phi) is 4.84. The maximum absolute atomic E-state index is 11.1. The maximum Gasteiger partial charge on any atom is 0.407 e. The summed E-state index contributed by atoms with van der Waals surface area (Å²) >= 11 is 0. The first-order valence-electron chi connectivity index (χ1n) is 6.88. The van der Waals surface area contributed by atoms with Gasteiger partial charge in [0.2, 0.25) is 0 Å². The summed E-state index contributed by atoms with van der Waals surface area (Å²) in [5.41, 5.74) is 1.14. The van der Waals surface area contributed by atoms with E-state index >= 15 is 0 Å². The van der Waals surface area contributed by atoms with E-state index in [9.17, 15) is 9.90 Å². The molecule has 0 radical (unpaired) electrons. The van der Waals surface area contributed by atoms with E-state index in [1.54, 1.807) is 7.11 Å². The van der Waals surface area contributed by atoms with E-state index in [-0.39, 0.29) is 18.4 Å². The van der Waals surface area contributed by atoms with Crippen molar-refractivity contribution >= 4 is 6.09 Å². The minimum Gasteiger partial charge on any atom is -0.497 e. The van der Waals surface area contributed by atoms with Crippen LogP contribution in [-0.4, -0.2) is 48.0 Å². The lowest BCUT2D eigenvalue weighted by Crippen LogP contribution is -2.30. The fourth-order valence-corrected chi connectivity index (χ4v) is 2.87. The van der Waals surface area contributed by atoms with Gasteiger partial charge in [0.1, 0.15) is 5.75 Å². The van der Waals surface area contributed by atoms with Crippen LogP contribution in [0.1, 0.15) is 24.3 Å². The number of rotatable bonds is 3. The average molecular weight is 279 g/mol. The number of likely N-dealkylation sites (tertiary alicyclic amines) is 1. The van der Waals surface area contributed by atoms with Gasteiger partial charge in [-0.1, -0.05) is 12.1 Å². The molecule has 1 aliphatic rings. The minimum absolute atomic E-state index is 0.0875. The van der Waals surface area contributed by atoms with Crippen molar-refractivity contribution in [3.05, 3.63) is 29.8 Å². The molecule has 110 valence electrons.